The molecule has 0 bridgehead atoms. The third-order valence-corrected chi connectivity index (χ3v) is 5.19. The Morgan fingerprint density at radius 1 is 1.32 bits per heavy atom. The summed E-state index contributed by atoms with van der Waals surface area (Å²) in [6.07, 6.45) is 7.12. The van der Waals surface area contributed by atoms with Gasteiger partial charge in [-0.1, -0.05) is 54.2 Å². The van der Waals surface area contributed by atoms with Crippen LogP contribution in [0.15, 0.2) is 22.7 Å². The Labute approximate surface area is 126 Å². The molecule has 0 radical (unpaired) electrons. The van der Waals surface area contributed by atoms with Gasteiger partial charge in [-0.15, -0.1) is 0 Å². The number of aryl methyl sites for hydroxylation is 1. The molecular formula is C17H26BrN. The molecule has 0 spiro atoms. The first-order valence-electron chi connectivity index (χ1n) is 7.61. The van der Waals surface area contributed by atoms with E-state index in [1.165, 1.54) is 47.7 Å². The number of halogens is 1. The summed E-state index contributed by atoms with van der Waals surface area (Å²) in [6.45, 7) is 6.68. The molecule has 1 N–H and O–H groups in total. The van der Waals surface area contributed by atoms with Gasteiger partial charge in [0, 0.05) is 11.0 Å². The second kappa shape index (κ2) is 7.44. The zero-order valence-electron chi connectivity index (χ0n) is 12.2. The van der Waals surface area contributed by atoms with Gasteiger partial charge in [-0.05, 0) is 55.3 Å². The minimum Gasteiger partial charge on any atom is -0.313 e. The summed E-state index contributed by atoms with van der Waals surface area (Å²) in [5.41, 5.74) is 2.68. The summed E-state index contributed by atoms with van der Waals surface area (Å²) in [5.74, 6) is 1.91. The normalized spacial score (nSPS) is 23.5. The van der Waals surface area contributed by atoms with E-state index in [0.717, 1.165) is 24.9 Å². The fraction of sp³-hybridized carbons (Fsp3) is 0.647. The maximum atomic E-state index is 3.60. The first-order chi connectivity index (χ1) is 9.15. The maximum Gasteiger partial charge on any atom is 0.0207 e. The molecule has 19 heavy (non-hydrogen) atoms. The number of hydrogen-bond acceptors (Lipinski definition) is 1. The predicted octanol–water partition coefficient (Wildman–Crippen LogP) is 5.06. The van der Waals surface area contributed by atoms with Gasteiger partial charge >= 0.3 is 0 Å². The molecule has 0 heterocycles. The first kappa shape index (κ1) is 15.1. The van der Waals surface area contributed by atoms with E-state index in [4.69, 9.17) is 0 Å². The van der Waals surface area contributed by atoms with Gasteiger partial charge in [0.05, 0.1) is 0 Å². The number of rotatable bonds is 5. The van der Waals surface area contributed by atoms with Gasteiger partial charge in [-0.3, -0.25) is 0 Å². The van der Waals surface area contributed by atoms with Crippen LogP contribution >= 0.6 is 15.9 Å². The third-order valence-electron chi connectivity index (χ3n) is 4.34. The van der Waals surface area contributed by atoms with Crippen LogP contribution < -0.4 is 5.32 Å². The van der Waals surface area contributed by atoms with Crippen LogP contribution in [0.3, 0.4) is 0 Å². The molecular weight excluding hydrogens is 298 g/mol. The fourth-order valence-electron chi connectivity index (χ4n) is 3.11. The Balaban J connectivity index is 1.67. The van der Waals surface area contributed by atoms with Crippen molar-refractivity contribution >= 4 is 15.9 Å². The zero-order chi connectivity index (χ0) is 13.7. The van der Waals surface area contributed by atoms with Crippen LogP contribution in [0.2, 0.25) is 0 Å². The monoisotopic (exact) mass is 323 g/mol. The van der Waals surface area contributed by atoms with Crippen LogP contribution in [0.5, 0.6) is 0 Å². The van der Waals surface area contributed by atoms with E-state index in [9.17, 15) is 0 Å². The molecule has 1 saturated carbocycles. The van der Waals surface area contributed by atoms with Crippen molar-refractivity contribution in [3.05, 3.63) is 33.8 Å². The molecule has 1 aromatic rings. The average molecular weight is 324 g/mol. The predicted molar refractivity (Wildman–Crippen MR) is 86.3 cm³/mol. The highest BCUT2D eigenvalue weighted by molar-refractivity contribution is 9.10. The Morgan fingerprint density at radius 2 is 2.16 bits per heavy atom. The lowest BCUT2D eigenvalue weighted by Gasteiger charge is -2.26. The third kappa shape index (κ3) is 4.92. The Bertz CT molecular complexity index is 402. The molecule has 2 atom stereocenters. The number of benzene rings is 1. The smallest absolute Gasteiger partial charge is 0.0207 e. The molecule has 1 fully saturated rings. The van der Waals surface area contributed by atoms with Gasteiger partial charge < -0.3 is 5.32 Å². The van der Waals surface area contributed by atoms with Gasteiger partial charge in [-0.2, -0.15) is 0 Å². The van der Waals surface area contributed by atoms with Crippen molar-refractivity contribution < 1.29 is 0 Å². The lowest BCUT2D eigenvalue weighted by molar-refractivity contribution is 0.267. The van der Waals surface area contributed by atoms with E-state index >= 15 is 0 Å². The van der Waals surface area contributed by atoms with Crippen molar-refractivity contribution in [1.82, 2.24) is 5.32 Å². The molecule has 1 nitrogen and oxygen atoms in total. The maximum absolute atomic E-state index is 3.60. The molecule has 2 heteroatoms. The quantitative estimate of drug-likeness (QED) is 0.746. The summed E-state index contributed by atoms with van der Waals surface area (Å²) >= 11 is 3.60. The van der Waals surface area contributed by atoms with E-state index < -0.39 is 0 Å². The lowest BCUT2D eigenvalue weighted by Crippen LogP contribution is -2.21. The van der Waals surface area contributed by atoms with Crippen LogP contribution in [0.25, 0.3) is 0 Å². The number of nitrogens with one attached hydrogen (secondary N) is 1. The largest absolute Gasteiger partial charge is 0.313 e. The van der Waals surface area contributed by atoms with Crippen molar-refractivity contribution in [3.8, 4) is 0 Å². The zero-order valence-corrected chi connectivity index (χ0v) is 13.8. The van der Waals surface area contributed by atoms with Crippen molar-refractivity contribution in [2.24, 2.45) is 11.8 Å². The average Bonchev–Trinajstić information content (AvgIpc) is 2.39. The topological polar surface area (TPSA) is 12.0 Å². The van der Waals surface area contributed by atoms with Gasteiger partial charge in [-0.25, -0.2) is 0 Å². The molecule has 0 aromatic heterocycles. The SMILES string of the molecule is Cc1ccc(CNCCC2CCCC(C)C2)cc1Br. The summed E-state index contributed by atoms with van der Waals surface area (Å²) in [7, 11) is 0. The first-order valence-corrected chi connectivity index (χ1v) is 8.40. The minimum absolute atomic E-state index is 0.951. The number of hydrogen-bond donors (Lipinski definition) is 1. The van der Waals surface area contributed by atoms with E-state index in [2.05, 4.69) is 53.3 Å². The summed E-state index contributed by atoms with van der Waals surface area (Å²) in [5, 5.41) is 3.59. The minimum atomic E-state index is 0.951. The molecule has 0 saturated heterocycles. The van der Waals surface area contributed by atoms with E-state index in [0.29, 0.717) is 0 Å². The fourth-order valence-corrected chi connectivity index (χ4v) is 3.53. The lowest BCUT2D eigenvalue weighted by atomic mass is 9.81. The van der Waals surface area contributed by atoms with Gasteiger partial charge in [0.15, 0.2) is 0 Å². The highest BCUT2D eigenvalue weighted by Gasteiger charge is 2.17. The molecule has 2 rings (SSSR count). The Hall–Kier alpha value is -0.340. The van der Waals surface area contributed by atoms with Crippen LogP contribution in [-0.2, 0) is 6.54 Å². The van der Waals surface area contributed by atoms with Crippen molar-refractivity contribution in [3.63, 3.8) is 0 Å². The van der Waals surface area contributed by atoms with Crippen LogP contribution in [0.4, 0.5) is 0 Å². The molecule has 0 amide bonds. The van der Waals surface area contributed by atoms with E-state index in [1.54, 1.807) is 0 Å². The molecule has 1 aliphatic rings. The standard InChI is InChI=1S/C17H26BrN/c1-13-4-3-5-15(10-13)8-9-19-12-16-7-6-14(2)17(18)11-16/h6-7,11,13,15,19H,3-5,8-10,12H2,1-2H3. The summed E-state index contributed by atoms with van der Waals surface area (Å²) in [4.78, 5) is 0. The van der Waals surface area contributed by atoms with E-state index in [1.807, 2.05) is 0 Å². The molecule has 0 aliphatic heterocycles. The van der Waals surface area contributed by atoms with Crippen molar-refractivity contribution in [1.29, 1.82) is 0 Å². The Morgan fingerprint density at radius 3 is 2.89 bits per heavy atom. The molecule has 2 unspecified atom stereocenters. The molecule has 1 aliphatic carbocycles. The van der Waals surface area contributed by atoms with Gasteiger partial charge in [0.2, 0.25) is 0 Å². The van der Waals surface area contributed by atoms with Gasteiger partial charge in [0.25, 0.3) is 0 Å². The van der Waals surface area contributed by atoms with Crippen LogP contribution in [0.1, 0.15) is 50.2 Å². The molecule has 1 aromatic carbocycles. The van der Waals surface area contributed by atoms with Crippen LogP contribution in [0, 0.1) is 18.8 Å². The van der Waals surface area contributed by atoms with E-state index in [-0.39, 0.29) is 0 Å². The Kier molecular flexibility index (Phi) is 5.90. The van der Waals surface area contributed by atoms with Crippen LogP contribution in [-0.4, -0.2) is 6.54 Å². The summed E-state index contributed by atoms with van der Waals surface area (Å²) in [6, 6.07) is 6.63. The second-order valence-electron chi connectivity index (χ2n) is 6.19. The second-order valence-corrected chi connectivity index (χ2v) is 7.04. The van der Waals surface area contributed by atoms with Crippen molar-refractivity contribution in [2.45, 2.75) is 52.5 Å². The summed E-state index contributed by atoms with van der Waals surface area (Å²) < 4.78 is 1.22. The highest BCUT2D eigenvalue weighted by atomic mass is 79.9. The van der Waals surface area contributed by atoms with Crippen molar-refractivity contribution in [2.75, 3.05) is 6.54 Å². The molecule has 106 valence electrons. The highest BCUT2D eigenvalue weighted by Crippen LogP contribution is 2.30. The van der Waals surface area contributed by atoms with Gasteiger partial charge in [0.1, 0.15) is 0 Å².